The monoisotopic (exact) mass is 363 g/mol. The second-order valence-corrected chi connectivity index (χ2v) is 6.97. The van der Waals surface area contributed by atoms with Gasteiger partial charge in [0.1, 0.15) is 5.69 Å². The normalized spacial score (nSPS) is 15.2. The standard InChI is InChI=1S/C21H21N3O3/c25-20(12-14-4-5-19(21(26)27)23-13-14)24-10-7-15(8-11-24)16-2-1-3-18-17(16)6-9-22-18/h1-6,9,13,15,22H,7-8,10-12H2,(H,26,27). The number of aromatic nitrogens is 2. The Bertz CT molecular complexity index is 970. The molecule has 0 atom stereocenters. The van der Waals surface area contributed by atoms with Gasteiger partial charge in [-0.3, -0.25) is 4.79 Å². The predicted octanol–water partition coefficient (Wildman–Crippen LogP) is 3.21. The number of piperidine rings is 1. The number of H-pyrrole nitrogens is 1. The second-order valence-electron chi connectivity index (χ2n) is 6.97. The van der Waals surface area contributed by atoms with E-state index in [4.69, 9.17) is 5.11 Å². The molecule has 4 rings (SSSR count). The lowest BCUT2D eigenvalue weighted by atomic mass is 9.87. The number of aromatic amines is 1. The van der Waals surface area contributed by atoms with E-state index in [9.17, 15) is 9.59 Å². The van der Waals surface area contributed by atoms with Crippen LogP contribution in [0.15, 0.2) is 48.8 Å². The summed E-state index contributed by atoms with van der Waals surface area (Å²) in [5.41, 5.74) is 3.24. The molecule has 2 N–H and O–H groups in total. The number of nitrogens with one attached hydrogen (secondary N) is 1. The summed E-state index contributed by atoms with van der Waals surface area (Å²) in [6.45, 7) is 1.48. The zero-order chi connectivity index (χ0) is 18.8. The highest BCUT2D eigenvalue weighted by Crippen LogP contribution is 2.32. The Balaban J connectivity index is 1.38. The lowest BCUT2D eigenvalue weighted by Crippen LogP contribution is -2.38. The maximum Gasteiger partial charge on any atom is 0.354 e. The van der Waals surface area contributed by atoms with Gasteiger partial charge in [-0.1, -0.05) is 18.2 Å². The molecule has 0 saturated carbocycles. The fraction of sp³-hybridized carbons (Fsp3) is 0.286. The highest BCUT2D eigenvalue weighted by Gasteiger charge is 2.25. The van der Waals surface area contributed by atoms with Gasteiger partial charge in [0.05, 0.1) is 6.42 Å². The van der Waals surface area contributed by atoms with Gasteiger partial charge in [-0.15, -0.1) is 0 Å². The molecule has 6 nitrogen and oxygen atoms in total. The zero-order valence-electron chi connectivity index (χ0n) is 14.9. The largest absolute Gasteiger partial charge is 0.477 e. The minimum absolute atomic E-state index is 0.00838. The van der Waals surface area contributed by atoms with Crippen LogP contribution in [0.4, 0.5) is 0 Å². The van der Waals surface area contributed by atoms with E-state index in [-0.39, 0.29) is 18.0 Å². The molecule has 1 aromatic carbocycles. The number of fused-ring (bicyclic) bond motifs is 1. The number of carboxylic acids is 1. The number of benzene rings is 1. The number of amides is 1. The van der Waals surface area contributed by atoms with E-state index in [2.05, 4.69) is 34.2 Å². The van der Waals surface area contributed by atoms with Crippen molar-refractivity contribution in [2.45, 2.75) is 25.2 Å². The highest BCUT2D eigenvalue weighted by molar-refractivity contribution is 5.85. The van der Waals surface area contributed by atoms with Crippen molar-refractivity contribution < 1.29 is 14.7 Å². The quantitative estimate of drug-likeness (QED) is 0.745. The molecule has 1 aliphatic heterocycles. The highest BCUT2D eigenvalue weighted by atomic mass is 16.4. The zero-order valence-corrected chi connectivity index (χ0v) is 14.9. The molecule has 27 heavy (non-hydrogen) atoms. The van der Waals surface area contributed by atoms with Crippen molar-refractivity contribution in [3.63, 3.8) is 0 Å². The Morgan fingerprint density at radius 2 is 1.96 bits per heavy atom. The smallest absolute Gasteiger partial charge is 0.354 e. The van der Waals surface area contributed by atoms with E-state index in [1.165, 1.54) is 23.2 Å². The van der Waals surface area contributed by atoms with Crippen LogP contribution in [0.2, 0.25) is 0 Å². The van der Waals surface area contributed by atoms with Crippen LogP contribution in [-0.4, -0.2) is 44.9 Å². The first-order valence-electron chi connectivity index (χ1n) is 9.14. The van der Waals surface area contributed by atoms with Crippen molar-refractivity contribution in [1.29, 1.82) is 0 Å². The lowest BCUT2D eigenvalue weighted by Gasteiger charge is -2.32. The van der Waals surface area contributed by atoms with Crippen LogP contribution in [0, 0.1) is 0 Å². The molecule has 2 aromatic heterocycles. The minimum atomic E-state index is -1.06. The third-order valence-corrected chi connectivity index (χ3v) is 5.32. The van der Waals surface area contributed by atoms with Crippen LogP contribution in [-0.2, 0) is 11.2 Å². The molecule has 0 bridgehead atoms. The van der Waals surface area contributed by atoms with Gasteiger partial charge in [0.2, 0.25) is 5.91 Å². The number of rotatable bonds is 4. The van der Waals surface area contributed by atoms with Gasteiger partial charge in [0, 0.05) is 36.4 Å². The fourth-order valence-electron chi connectivity index (χ4n) is 3.85. The maximum atomic E-state index is 12.6. The molecule has 1 saturated heterocycles. The van der Waals surface area contributed by atoms with E-state index >= 15 is 0 Å². The van der Waals surface area contributed by atoms with Crippen LogP contribution in [0.5, 0.6) is 0 Å². The Hall–Kier alpha value is -3.15. The summed E-state index contributed by atoms with van der Waals surface area (Å²) in [5, 5.41) is 10.2. The summed E-state index contributed by atoms with van der Waals surface area (Å²) in [5.74, 6) is -0.532. The van der Waals surface area contributed by atoms with Gasteiger partial charge in [-0.2, -0.15) is 0 Å². The number of nitrogens with zero attached hydrogens (tertiary/aromatic N) is 2. The number of pyridine rings is 1. The van der Waals surface area contributed by atoms with Crippen molar-refractivity contribution in [2.24, 2.45) is 0 Å². The molecule has 0 spiro atoms. The van der Waals surface area contributed by atoms with Gasteiger partial charge >= 0.3 is 5.97 Å². The average Bonchev–Trinajstić information content (AvgIpc) is 3.17. The van der Waals surface area contributed by atoms with Crippen molar-refractivity contribution in [1.82, 2.24) is 14.9 Å². The number of hydrogen-bond acceptors (Lipinski definition) is 3. The molecule has 1 fully saturated rings. The number of carbonyl (C=O) groups excluding carboxylic acids is 1. The van der Waals surface area contributed by atoms with Crippen LogP contribution < -0.4 is 0 Å². The fourth-order valence-corrected chi connectivity index (χ4v) is 3.85. The molecule has 1 amide bonds. The van der Waals surface area contributed by atoms with E-state index in [1.807, 2.05) is 11.1 Å². The van der Waals surface area contributed by atoms with Crippen molar-refractivity contribution >= 4 is 22.8 Å². The van der Waals surface area contributed by atoms with Crippen LogP contribution in [0.25, 0.3) is 10.9 Å². The molecule has 3 aromatic rings. The summed E-state index contributed by atoms with van der Waals surface area (Å²) in [7, 11) is 0. The summed E-state index contributed by atoms with van der Waals surface area (Å²) in [6.07, 6.45) is 5.60. The molecule has 0 radical (unpaired) electrons. The van der Waals surface area contributed by atoms with Crippen LogP contribution in [0.3, 0.4) is 0 Å². The van der Waals surface area contributed by atoms with E-state index in [0.29, 0.717) is 5.92 Å². The van der Waals surface area contributed by atoms with Crippen LogP contribution >= 0.6 is 0 Å². The molecule has 0 aliphatic carbocycles. The SMILES string of the molecule is O=C(O)c1ccc(CC(=O)N2CCC(c3cccc4[nH]ccc34)CC2)cn1. The molecule has 0 unspecified atom stereocenters. The van der Waals surface area contributed by atoms with E-state index in [0.717, 1.165) is 37.0 Å². The van der Waals surface area contributed by atoms with Crippen LogP contribution in [0.1, 0.15) is 40.4 Å². The lowest BCUT2D eigenvalue weighted by molar-refractivity contribution is -0.131. The van der Waals surface area contributed by atoms with E-state index < -0.39 is 5.97 Å². The number of aromatic carboxylic acids is 1. The number of carbonyl (C=O) groups is 2. The number of likely N-dealkylation sites (tertiary alicyclic amines) is 1. The molecule has 3 heterocycles. The molecule has 6 heteroatoms. The number of carboxylic acid groups (broad SMARTS) is 1. The Morgan fingerprint density at radius 3 is 2.67 bits per heavy atom. The van der Waals surface area contributed by atoms with Gasteiger partial charge in [-0.25, -0.2) is 9.78 Å². The summed E-state index contributed by atoms with van der Waals surface area (Å²) >= 11 is 0. The predicted molar refractivity (Wildman–Crippen MR) is 102 cm³/mol. The Morgan fingerprint density at radius 1 is 1.15 bits per heavy atom. The van der Waals surface area contributed by atoms with Gasteiger partial charge in [-0.05, 0) is 48.1 Å². The number of hydrogen-bond donors (Lipinski definition) is 2. The first-order valence-corrected chi connectivity index (χ1v) is 9.14. The molecule has 1 aliphatic rings. The molecule has 138 valence electrons. The summed E-state index contributed by atoms with van der Waals surface area (Å²) in [4.78, 5) is 32.5. The van der Waals surface area contributed by atoms with Crippen molar-refractivity contribution in [3.8, 4) is 0 Å². The Kier molecular flexibility index (Phi) is 4.62. The van der Waals surface area contributed by atoms with E-state index in [1.54, 1.807) is 6.07 Å². The molecular formula is C21H21N3O3. The Labute approximate surface area is 156 Å². The van der Waals surface area contributed by atoms with Crippen molar-refractivity contribution in [2.75, 3.05) is 13.1 Å². The summed E-state index contributed by atoms with van der Waals surface area (Å²) < 4.78 is 0. The summed E-state index contributed by atoms with van der Waals surface area (Å²) in [6, 6.07) is 11.6. The van der Waals surface area contributed by atoms with Crippen molar-refractivity contribution in [3.05, 3.63) is 65.6 Å². The first-order chi connectivity index (χ1) is 13.1. The minimum Gasteiger partial charge on any atom is -0.477 e. The first kappa shape index (κ1) is 17.3. The molecular weight excluding hydrogens is 342 g/mol. The second kappa shape index (κ2) is 7.23. The van der Waals surface area contributed by atoms with Gasteiger partial charge in [0.25, 0.3) is 0 Å². The maximum absolute atomic E-state index is 12.6. The average molecular weight is 363 g/mol. The topological polar surface area (TPSA) is 86.3 Å². The van der Waals surface area contributed by atoms with Gasteiger partial charge < -0.3 is 15.0 Å². The third kappa shape index (κ3) is 3.56. The third-order valence-electron chi connectivity index (χ3n) is 5.32. The van der Waals surface area contributed by atoms with Gasteiger partial charge in [0.15, 0.2) is 0 Å².